The normalized spacial score (nSPS) is 20.3. The zero-order chi connectivity index (χ0) is 8.43. The van der Waals surface area contributed by atoms with Crippen molar-refractivity contribution in [3.8, 4) is 0 Å². The number of carboxylic acids is 1. The predicted molar refractivity (Wildman–Crippen MR) is 42.5 cm³/mol. The first kappa shape index (κ1) is 8.53. The van der Waals surface area contributed by atoms with Crippen LogP contribution in [0.25, 0.3) is 0 Å². The standard InChI is InChI=1S/C8H15NO2/c1-6(2)9-4-7(5-9)3-8(10)11/h6-7H,3-5H2,1-2H3,(H,10,11). The van der Waals surface area contributed by atoms with Crippen molar-refractivity contribution in [3.05, 3.63) is 0 Å². The van der Waals surface area contributed by atoms with Gasteiger partial charge in [0.1, 0.15) is 0 Å². The van der Waals surface area contributed by atoms with Gasteiger partial charge in [-0.15, -0.1) is 0 Å². The minimum absolute atomic E-state index is 0.337. The molecule has 1 saturated heterocycles. The molecule has 0 bridgehead atoms. The molecule has 1 aliphatic heterocycles. The molecule has 0 amide bonds. The second-order valence-electron chi connectivity index (χ2n) is 3.51. The molecule has 0 radical (unpaired) electrons. The van der Waals surface area contributed by atoms with Crippen molar-refractivity contribution in [3.63, 3.8) is 0 Å². The van der Waals surface area contributed by atoms with E-state index < -0.39 is 5.97 Å². The molecule has 1 fully saturated rings. The van der Waals surface area contributed by atoms with E-state index in [1.807, 2.05) is 0 Å². The Bertz CT molecular complexity index is 150. The maximum atomic E-state index is 10.3. The topological polar surface area (TPSA) is 40.5 Å². The van der Waals surface area contributed by atoms with Crippen molar-refractivity contribution in [1.29, 1.82) is 0 Å². The van der Waals surface area contributed by atoms with Crippen LogP contribution in [-0.4, -0.2) is 35.1 Å². The largest absolute Gasteiger partial charge is 0.481 e. The van der Waals surface area contributed by atoms with E-state index in [1.54, 1.807) is 0 Å². The van der Waals surface area contributed by atoms with Gasteiger partial charge in [0.05, 0.1) is 6.42 Å². The molecule has 1 rings (SSSR count). The summed E-state index contributed by atoms with van der Waals surface area (Å²) in [6.07, 6.45) is 0.337. The minimum Gasteiger partial charge on any atom is -0.481 e. The maximum absolute atomic E-state index is 10.3. The van der Waals surface area contributed by atoms with Gasteiger partial charge in [-0.1, -0.05) is 0 Å². The molecule has 64 valence electrons. The average molecular weight is 157 g/mol. The van der Waals surface area contributed by atoms with Crippen molar-refractivity contribution in [2.45, 2.75) is 26.3 Å². The van der Waals surface area contributed by atoms with E-state index in [2.05, 4.69) is 18.7 Å². The van der Waals surface area contributed by atoms with Crippen LogP contribution in [0.15, 0.2) is 0 Å². The first-order chi connectivity index (χ1) is 5.09. The van der Waals surface area contributed by atoms with Gasteiger partial charge in [-0.05, 0) is 19.8 Å². The Kier molecular flexibility index (Phi) is 2.49. The van der Waals surface area contributed by atoms with E-state index in [-0.39, 0.29) is 0 Å². The molecule has 3 heteroatoms. The van der Waals surface area contributed by atoms with E-state index in [0.717, 1.165) is 13.1 Å². The summed E-state index contributed by atoms with van der Waals surface area (Å²) < 4.78 is 0. The van der Waals surface area contributed by atoms with Crippen molar-refractivity contribution in [2.75, 3.05) is 13.1 Å². The van der Waals surface area contributed by atoms with Crippen LogP contribution in [0.2, 0.25) is 0 Å². The highest BCUT2D eigenvalue weighted by Crippen LogP contribution is 2.20. The molecule has 0 spiro atoms. The van der Waals surface area contributed by atoms with Gasteiger partial charge >= 0.3 is 5.97 Å². The number of hydrogen-bond acceptors (Lipinski definition) is 2. The van der Waals surface area contributed by atoms with Gasteiger partial charge in [0.2, 0.25) is 0 Å². The summed E-state index contributed by atoms with van der Waals surface area (Å²) in [6, 6.07) is 0.569. The summed E-state index contributed by atoms with van der Waals surface area (Å²) >= 11 is 0. The average Bonchev–Trinajstić information content (AvgIpc) is 1.75. The molecule has 0 aromatic carbocycles. The maximum Gasteiger partial charge on any atom is 0.303 e. The van der Waals surface area contributed by atoms with Crippen molar-refractivity contribution in [1.82, 2.24) is 4.90 Å². The summed E-state index contributed by atoms with van der Waals surface area (Å²) in [6.45, 7) is 6.20. The predicted octanol–water partition coefficient (Wildman–Crippen LogP) is 0.801. The monoisotopic (exact) mass is 157 g/mol. The van der Waals surface area contributed by atoms with Crippen LogP contribution in [-0.2, 0) is 4.79 Å². The zero-order valence-electron chi connectivity index (χ0n) is 7.08. The Morgan fingerprint density at radius 3 is 2.55 bits per heavy atom. The SMILES string of the molecule is CC(C)N1CC(CC(=O)O)C1. The first-order valence-corrected chi connectivity index (χ1v) is 4.05. The number of aliphatic carboxylic acids is 1. The number of hydrogen-bond donors (Lipinski definition) is 1. The summed E-state index contributed by atoms with van der Waals surface area (Å²) in [5.41, 5.74) is 0. The highest BCUT2D eigenvalue weighted by Gasteiger charge is 2.29. The van der Waals surface area contributed by atoms with Gasteiger partial charge in [0.25, 0.3) is 0 Å². The summed E-state index contributed by atoms with van der Waals surface area (Å²) in [5.74, 6) is -0.270. The fourth-order valence-corrected chi connectivity index (χ4v) is 1.41. The van der Waals surface area contributed by atoms with Crippen LogP contribution in [0.3, 0.4) is 0 Å². The first-order valence-electron chi connectivity index (χ1n) is 4.05. The fraction of sp³-hybridized carbons (Fsp3) is 0.875. The Hall–Kier alpha value is -0.570. The van der Waals surface area contributed by atoms with E-state index in [0.29, 0.717) is 18.4 Å². The van der Waals surface area contributed by atoms with Crippen LogP contribution in [0.1, 0.15) is 20.3 Å². The van der Waals surface area contributed by atoms with Crippen LogP contribution in [0, 0.1) is 5.92 Å². The van der Waals surface area contributed by atoms with Crippen molar-refractivity contribution >= 4 is 5.97 Å². The molecule has 1 N–H and O–H groups in total. The second kappa shape index (κ2) is 3.22. The van der Waals surface area contributed by atoms with Gasteiger partial charge in [0, 0.05) is 19.1 Å². The molecule has 0 aliphatic carbocycles. The van der Waals surface area contributed by atoms with Crippen LogP contribution >= 0.6 is 0 Å². The van der Waals surface area contributed by atoms with E-state index in [1.165, 1.54) is 0 Å². The molecule has 3 nitrogen and oxygen atoms in total. The number of nitrogens with zero attached hydrogens (tertiary/aromatic N) is 1. The van der Waals surface area contributed by atoms with Gasteiger partial charge in [-0.25, -0.2) is 0 Å². The number of rotatable bonds is 3. The van der Waals surface area contributed by atoms with Gasteiger partial charge < -0.3 is 10.0 Å². The quantitative estimate of drug-likeness (QED) is 0.658. The zero-order valence-corrected chi connectivity index (χ0v) is 7.08. The van der Waals surface area contributed by atoms with Gasteiger partial charge in [0.15, 0.2) is 0 Å². The molecule has 11 heavy (non-hydrogen) atoms. The smallest absolute Gasteiger partial charge is 0.303 e. The van der Waals surface area contributed by atoms with E-state index >= 15 is 0 Å². The lowest BCUT2D eigenvalue weighted by atomic mass is 9.95. The number of carboxylic acid groups (broad SMARTS) is 1. The third-order valence-corrected chi connectivity index (χ3v) is 2.18. The molecule has 0 unspecified atom stereocenters. The summed E-state index contributed by atoms with van der Waals surface area (Å²) in [4.78, 5) is 12.5. The number of carbonyl (C=O) groups is 1. The van der Waals surface area contributed by atoms with Crippen molar-refractivity contribution < 1.29 is 9.90 Å². The highest BCUT2D eigenvalue weighted by molar-refractivity contribution is 5.67. The Morgan fingerprint density at radius 2 is 2.18 bits per heavy atom. The molecular weight excluding hydrogens is 142 g/mol. The van der Waals surface area contributed by atoms with Crippen LogP contribution < -0.4 is 0 Å². The molecule has 0 aromatic heterocycles. The molecule has 1 aliphatic rings. The Balaban J connectivity index is 2.14. The van der Waals surface area contributed by atoms with E-state index in [4.69, 9.17) is 5.11 Å². The van der Waals surface area contributed by atoms with E-state index in [9.17, 15) is 4.79 Å². The lowest BCUT2D eigenvalue weighted by molar-refractivity contribution is -0.139. The Labute approximate surface area is 67.0 Å². The molecule has 0 atom stereocenters. The highest BCUT2D eigenvalue weighted by atomic mass is 16.4. The summed E-state index contributed by atoms with van der Waals surface area (Å²) in [7, 11) is 0. The van der Waals surface area contributed by atoms with Gasteiger partial charge in [-0.3, -0.25) is 4.79 Å². The van der Waals surface area contributed by atoms with Crippen LogP contribution in [0.4, 0.5) is 0 Å². The van der Waals surface area contributed by atoms with Crippen molar-refractivity contribution in [2.24, 2.45) is 5.92 Å². The molecule has 1 heterocycles. The summed E-state index contributed by atoms with van der Waals surface area (Å²) in [5, 5.41) is 8.46. The lowest BCUT2D eigenvalue weighted by Crippen LogP contribution is -2.50. The second-order valence-corrected chi connectivity index (χ2v) is 3.51. The third-order valence-electron chi connectivity index (χ3n) is 2.18. The Morgan fingerprint density at radius 1 is 1.64 bits per heavy atom. The fourth-order valence-electron chi connectivity index (χ4n) is 1.41. The van der Waals surface area contributed by atoms with Gasteiger partial charge in [-0.2, -0.15) is 0 Å². The third kappa shape index (κ3) is 2.19. The molecular formula is C8H15NO2. The number of likely N-dealkylation sites (tertiary alicyclic amines) is 1. The molecule has 0 saturated carbocycles. The minimum atomic E-state index is -0.668. The lowest BCUT2D eigenvalue weighted by Gasteiger charge is -2.41. The van der Waals surface area contributed by atoms with Crippen LogP contribution in [0.5, 0.6) is 0 Å². The molecule has 0 aromatic rings.